The molecule has 1 fully saturated rings. The zero-order valence-corrected chi connectivity index (χ0v) is 12.2. The first-order valence-electron chi connectivity index (χ1n) is 6.51. The number of benzene rings is 1. The first kappa shape index (κ1) is 15.7. The molecule has 2 unspecified atom stereocenters. The minimum Gasteiger partial charge on any atom is -0.388 e. The third-order valence-corrected chi connectivity index (χ3v) is 4.67. The molecule has 0 aromatic heterocycles. The Morgan fingerprint density at radius 1 is 1.45 bits per heavy atom. The van der Waals surface area contributed by atoms with Gasteiger partial charge in [-0.25, -0.2) is 8.78 Å². The molecule has 1 saturated heterocycles. The van der Waals surface area contributed by atoms with E-state index in [1.807, 2.05) is 0 Å². The smallest absolute Gasteiger partial charge is 0.159 e. The van der Waals surface area contributed by atoms with Crippen molar-refractivity contribution in [3.63, 3.8) is 0 Å². The van der Waals surface area contributed by atoms with Gasteiger partial charge in [0.1, 0.15) is 0 Å². The van der Waals surface area contributed by atoms with Crippen LogP contribution in [0, 0.1) is 11.6 Å². The summed E-state index contributed by atoms with van der Waals surface area (Å²) in [6.45, 7) is 0.737. The molecule has 0 bridgehead atoms. The first-order chi connectivity index (χ1) is 9.54. The van der Waals surface area contributed by atoms with E-state index >= 15 is 0 Å². The van der Waals surface area contributed by atoms with Crippen LogP contribution in [0.4, 0.5) is 8.78 Å². The Balaban J connectivity index is 2.04. The van der Waals surface area contributed by atoms with Crippen LogP contribution in [0.15, 0.2) is 18.2 Å². The molecule has 0 radical (unpaired) electrons. The number of hydrogen-bond acceptors (Lipinski definition) is 4. The zero-order chi connectivity index (χ0) is 14.6. The van der Waals surface area contributed by atoms with Gasteiger partial charge in [0.05, 0.1) is 18.2 Å². The van der Waals surface area contributed by atoms with Crippen molar-refractivity contribution >= 4 is 11.8 Å². The Kier molecular flexibility index (Phi) is 5.37. The van der Waals surface area contributed by atoms with Crippen LogP contribution in [0.5, 0.6) is 0 Å². The fraction of sp³-hybridized carbons (Fsp3) is 0.571. The van der Waals surface area contributed by atoms with Crippen molar-refractivity contribution in [3.8, 4) is 0 Å². The molecule has 112 valence electrons. The van der Waals surface area contributed by atoms with E-state index in [1.54, 1.807) is 18.9 Å². The van der Waals surface area contributed by atoms with Gasteiger partial charge in [0.25, 0.3) is 0 Å². The monoisotopic (exact) mass is 303 g/mol. The van der Waals surface area contributed by atoms with Crippen molar-refractivity contribution in [2.45, 2.75) is 18.1 Å². The van der Waals surface area contributed by atoms with Gasteiger partial charge in [0, 0.05) is 19.4 Å². The van der Waals surface area contributed by atoms with E-state index in [4.69, 9.17) is 4.74 Å². The van der Waals surface area contributed by atoms with Crippen LogP contribution in [-0.4, -0.2) is 42.5 Å². The molecule has 2 rings (SSSR count). The van der Waals surface area contributed by atoms with Gasteiger partial charge < -0.3 is 15.2 Å². The quantitative estimate of drug-likeness (QED) is 0.844. The highest BCUT2D eigenvalue weighted by molar-refractivity contribution is 7.99. The van der Waals surface area contributed by atoms with Crippen molar-refractivity contribution in [1.29, 1.82) is 0 Å². The molecule has 0 aliphatic carbocycles. The number of thioether (sulfide) groups is 1. The third-order valence-electron chi connectivity index (χ3n) is 3.44. The average Bonchev–Trinajstić information content (AvgIpc) is 2.85. The molecule has 1 aliphatic rings. The Morgan fingerprint density at radius 3 is 2.85 bits per heavy atom. The van der Waals surface area contributed by atoms with Crippen LogP contribution in [0.1, 0.15) is 18.0 Å². The summed E-state index contributed by atoms with van der Waals surface area (Å²) in [7, 11) is 1.55. The van der Waals surface area contributed by atoms with Gasteiger partial charge in [0.2, 0.25) is 0 Å². The summed E-state index contributed by atoms with van der Waals surface area (Å²) in [6, 6.07) is 3.53. The molecule has 1 aromatic rings. The van der Waals surface area contributed by atoms with Crippen LogP contribution < -0.4 is 5.32 Å². The normalized spacial score (nSPS) is 24.0. The van der Waals surface area contributed by atoms with Crippen molar-refractivity contribution in [2.24, 2.45) is 0 Å². The van der Waals surface area contributed by atoms with Crippen LogP contribution in [-0.2, 0) is 4.74 Å². The third kappa shape index (κ3) is 3.91. The molecule has 0 saturated carbocycles. The van der Waals surface area contributed by atoms with Crippen molar-refractivity contribution in [1.82, 2.24) is 5.32 Å². The predicted molar refractivity (Wildman–Crippen MR) is 75.9 cm³/mol. The minimum atomic E-state index is -0.875. The summed E-state index contributed by atoms with van der Waals surface area (Å²) in [5.74, 6) is -0.105. The number of hydrogen-bond donors (Lipinski definition) is 2. The molecular formula is C14H19F2NO2S. The highest BCUT2D eigenvalue weighted by Crippen LogP contribution is 2.28. The molecule has 1 heterocycles. The molecule has 1 aliphatic heterocycles. The van der Waals surface area contributed by atoms with Crippen molar-refractivity contribution in [3.05, 3.63) is 35.4 Å². The van der Waals surface area contributed by atoms with E-state index in [0.717, 1.165) is 18.2 Å². The second-order valence-electron chi connectivity index (χ2n) is 5.09. The summed E-state index contributed by atoms with van der Waals surface area (Å²) in [5, 5.41) is 13.5. The topological polar surface area (TPSA) is 41.5 Å². The van der Waals surface area contributed by atoms with Gasteiger partial charge in [0.15, 0.2) is 11.6 Å². The lowest BCUT2D eigenvalue weighted by Gasteiger charge is -2.26. The molecular weight excluding hydrogens is 284 g/mol. The largest absolute Gasteiger partial charge is 0.388 e. The van der Waals surface area contributed by atoms with Gasteiger partial charge in [-0.15, -0.1) is 0 Å². The highest BCUT2D eigenvalue weighted by Gasteiger charge is 2.32. The molecule has 1 aromatic carbocycles. The molecule has 0 spiro atoms. The number of methoxy groups -OCH3 is 1. The van der Waals surface area contributed by atoms with E-state index in [-0.39, 0.29) is 6.04 Å². The second kappa shape index (κ2) is 6.85. The lowest BCUT2D eigenvalue weighted by atomic mass is 10.0. The molecule has 2 N–H and O–H groups in total. The van der Waals surface area contributed by atoms with Gasteiger partial charge in [-0.3, -0.25) is 0 Å². The maximum absolute atomic E-state index is 13.3. The average molecular weight is 303 g/mol. The zero-order valence-electron chi connectivity index (χ0n) is 11.4. The standard InChI is InChI=1S/C14H19F2NO2S/c1-19-7-13(10-2-3-11(15)12(16)6-10)17-8-14(18)4-5-20-9-14/h2-3,6,13,17-18H,4-5,7-9H2,1H3. The van der Waals surface area contributed by atoms with Gasteiger partial charge >= 0.3 is 0 Å². The van der Waals surface area contributed by atoms with Gasteiger partial charge in [-0.05, 0) is 29.9 Å². The number of nitrogens with one attached hydrogen (secondary N) is 1. The molecule has 0 amide bonds. The maximum Gasteiger partial charge on any atom is 0.159 e. The van der Waals surface area contributed by atoms with E-state index in [0.29, 0.717) is 24.5 Å². The molecule has 2 atom stereocenters. The number of ether oxygens (including phenoxy) is 1. The molecule has 6 heteroatoms. The Labute approximate surface area is 121 Å². The molecule has 3 nitrogen and oxygen atoms in total. The van der Waals surface area contributed by atoms with E-state index in [1.165, 1.54) is 12.1 Å². The minimum absolute atomic E-state index is 0.273. The summed E-state index contributed by atoms with van der Waals surface area (Å²) in [6.07, 6.45) is 0.738. The van der Waals surface area contributed by atoms with Crippen LogP contribution >= 0.6 is 11.8 Å². The van der Waals surface area contributed by atoms with Crippen molar-refractivity contribution < 1.29 is 18.6 Å². The molecule has 20 heavy (non-hydrogen) atoms. The highest BCUT2D eigenvalue weighted by atomic mass is 32.2. The van der Waals surface area contributed by atoms with Gasteiger partial charge in [-0.2, -0.15) is 11.8 Å². The Morgan fingerprint density at radius 2 is 2.25 bits per heavy atom. The first-order valence-corrected chi connectivity index (χ1v) is 7.67. The van der Waals surface area contributed by atoms with E-state index in [9.17, 15) is 13.9 Å². The Hall–Kier alpha value is -0.690. The fourth-order valence-corrected chi connectivity index (χ4v) is 3.51. The fourth-order valence-electron chi connectivity index (χ4n) is 2.22. The summed E-state index contributed by atoms with van der Waals surface area (Å²) < 4.78 is 31.4. The summed E-state index contributed by atoms with van der Waals surface area (Å²) >= 11 is 1.72. The number of aliphatic hydroxyl groups is 1. The maximum atomic E-state index is 13.3. The van der Waals surface area contributed by atoms with Crippen LogP contribution in [0.3, 0.4) is 0 Å². The van der Waals surface area contributed by atoms with E-state index < -0.39 is 17.2 Å². The predicted octanol–water partition coefficient (Wildman–Crippen LogP) is 2.11. The number of halogens is 2. The summed E-state index contributed by atoms with van der Waals surface area (Å²) in [5.41, 5.74) is -0.116. The Bertz CT molecular complexity index is 453. The lowest BCUT2D eigenvalue weighted by molar-refractivity contribution is 0.0590. The number of rotatable bonds is 6. The second-order valence-corrected chi connectivity index (χ2v) is 6.19. The summed E-state index contributed by atoms with van der Waals surface area (Å²) in [4.78, 5) is 0. The van der Waals surface area contributed by atoms with Gasteiger partial charge in [-0.1, -0.05) is 6.07 Å². The van der Waals surface area contributed by atoms with E-state index in [2.05, 4.69) is 5.32 Å². The van der Waals surface area contributed by atoms with Crippen LogP contribution in [0.2, 0.25) is 0 Å². The van der Waals surface area contributed by atoms with Crippen LogP contribution in [0.25, 0.3) is 0 Å². The lowest BCUT2D eigenvalue weighted by Crippen LogP contribution is -2.42. The SMILES string of the molecule is COCC(NCC1(O)CCSC1)c1ccc(F)c(F)c1. The van der Waals surface area contributed by atoms with Crippen molar-refractivity contribution in [2.75, 3.05) is 31.8 Å².